The summed E-state index contributed by atoms with van der Waals surface area (Å²) in [5.74, 6) is 0.472. The van der Waals surface area contributed by atoms with Crippen LogP contribution in [0.25, 0.3) is 0 Å². The van der Waals surface area contributed by atoms with Gasteiger partial charge in [0.2, 0.25) is 0 Å². The number of para-hydroxylation sites is 1. The maximum absolute atomic E-state index is 11.0. The van der Waals surface area contributed by atoms with Crippen LogP contribution in [-0.2, 0) is 0 Å². The number of nitrogens with one attached hydrogen (secondary N) is 1. The second kappa shape index (κ2) is 5.21. The fourth-order valence-corrected chi connectivity index (χ4v) is 2.31. The Morgan fingerprint density at radius 2 is 2.20 bits per heavy atom. The average molecular weight is 270 g/mol. The largest absolute Gasteiger partial charge is 0.493 e. The molecule has 2 N–H and O–H groups in total. The van der Waals surface area contributed by atoms with E-state index in [9.17, 15) is 4.79 Å². The van der Waals surface area contributed by atoms with Gasteiger partial charge in [-0.2, -0.15) is 0 Å². The van der Waals surface area contributed by atoms with Crippen molar-refractivity contribution in [1.82, 2.24) is 4.98 Å². The number of carbonyl (C=O) groups is 1. The number of rotatable bonds is 3. The van der Waals surface area contributed by atoms with E-state index in [2.05, 4.69) is 10.3 Å². The van der Waals surface area contributed by atoms with Gasteiger partial charge in [-0.05, 0) is 18.2 Å². The van der Waals surface area contributed by atoms with Crippen molar-refractivity contribution in [2.24, 2.45) is 0 Å². The molecule has 0 spiro atoms. The highest BCUT2D eigenvalue weighted by Gasteiger charge is 2.21. The van der Waals surface area contributed by atoms with Crippen LogP contribution in [0.1, 0.15) is 28.4 Å². The molecule has 2 aromatic rings. The number of pyridine rings is 1. The molecule has 3 rings (SSSR count). The third kappa shape index (κ3) is 2.42. The number of hydrogen-bond acceptors (Lipinski definition) is 4. The summed E-state index contributed by atoms with van der Waals surface area (Å²) in [7, 11) is 0. The Kier molecular flexibility index (Phi) is 3.25. The van der Waals surface area contributed by atoms with Crippen molar-refractivity contribution in [2.45, 2.75) is 12.5 Å². The van der Waals surface area contributed by atoms with Crippen molar-refractivity contribution in [3.63, 3.8) is 0 Å². The number of carboxylic acid groups (broad SMARTS) is 1. The summed E-state index contributed by atoms with van der Waals surface area (Å²) in [6.07, 6.45) is 2.31. The van der Waals surface area contributed by atoms with E-state index in [1.54, 1.807) is 6.07 Å². The Bertz CT molecular complexity index is 643. The van der Waals surface area contributed by atoms with Crippen LogP contribution in [0.5, 0.6) is 5.75 Å². The number of nitrogens with zero attached hydrogens (tertiary/aromatic N) is 1. The maximum atomic E-state index is 11.0. The molecule has 1 atom stereocenters. The van der Waals surface area contributed by atoms with E-state index in [0.717, 1.165) is 17.7 Å². The number of aromatic nitrogens is 1. The molecular weight excluding hydrogens is 256 g/mol. The lowest BCUT2D eigenvalue weighted by Crippen LogP contribution is -2.20. The fourth-order valence-electron chi connectivity index (χ4n) is 2.31. The minimum atomic E-state index is -0.956. The normalized spacial score (nSPS) is 16.9. The van der Waals surface area contributed by atoms with Gasteiger partial charge in [0.15, 0.2) is 0 Å². The first-order valence-corrected chi connectivity index (χ1v) is 6.41. The standard InChI is InChI=1S/C15H14N2O3/c18-15(19)10-5-7-16-14(9-10)17-12-6-8-20-13-4-2-1-3-11(12)13/h1-5,7,9,12H,6,8H2,(H,16,17)(H,18,19). The molecule has 0 amide bonds. The molecule has 1 aliphatic rings. The molecule has 1 aliphatic heterocycles. The van der Waals surface area contributed by atoms with Crippen LogP contribution in [0.15, 0.2) is 42.6 Å². The van der Waals surface area contributed by atoms with Crippen LogP contribution in [0.3, 0.4) is 0 Å². The highest BCUT2D eigenvalue weighted by molar-refractivity contribution is 5.88. The summed E-state index contributed by atoms with van der Waals surface area (Å²) in [6.45, 7) is 0.632. The van der Waals surface area contributed by atoms with Crippen LogP contribution in [0.4, 0.5) is 5.82 Å². The van der Waals surface area contributed by atoms with E-state index < -0.39 is 5.97 Å². The Balaban J connectivity index is 1.85. The number of aromatic carboxylic acids is 1. The molecule has 0 fully saturated rings. The smallest absolute Gasteiger partial charge is 0.335 e. The second-order valence-corrected chi connectivity index (χ2v) is 4.61. The molecule has 102 valence electrons. The summed E-state index contributed by atoms with van der Waals surface area (Å²) in [4.78, 5) is 15.1. The van der Waals surface area contributed by atoms with Crippen molar-refractivity contribution in [1.29, 1.82) is 0 Å². The molecule has 20 heavy (non-hydrogen) atoms. The van der Waals surface area contributed by atoms with Crippen molar-refractivity contribution < 1.29 is 14.6 Å². The summed E-state index contributed by atoms with van der Waals surface area (Å²) in [5.41, 5.74) is 1.30. The van der Waals surface area contributed by atoms with E-state index in [-0.39, 0.29) is 11.6 Å². The van der Waals surface area contributed by atoms with E-state index in [0.29, 0.717) is 12.4 Å². The number of ether oxygens (including phenoxy) is 1. The van der Waals surface area contributed by atoms with Gasteiger partial charge in [0, 0.05) is 18.2 Å². The van der Waals surface area contributed by atoms with Gasteiger partial charge < -0.3 is 15.2 Å². The lowest BCUT2D eigenvalue weighted by atomic mass is 10.0. The fraction of sp³-hybridized carbons (Fsp3) is 0.200. The first-order chi connectivity index (χ1) is 9.74. The Morgan fingerprint density at radius 3 is 3.05 bits per heavy atom. The quantitative estimate of drug-likeness (QED) is 0.897. The van der Waals surface area contributed by atoms with Gasteiger partial charge in [0.05, 0.1) is 18.2 Å². The Morgan fingerprint density at radius 1 is 1.35 bits per heavy atom. The number of anilines is 1. The summed E-state index contributed by atoms with van der Waals surface area (Å²) < 4.78 is 5.60. The highest BCUT2D eigenvalue weighted by Crippen LogP contribution is 2.33. The van der Waals surface area contributed by atoms with Crippen LogP contribution in [0, 0.1) is 0 Å². The molecule has 1 aromatic heterocycles. The number of fused-ring (bicyclic) bond motifs is 1. The van der Waals surface area contributed by atoms with E-state index in [1.807, 2.05) is 24.3 Å². The van der Waals surface area contributed by atoms with E-state index in [4.69, 9.17) is 9.84 Å². The predicted octanol–water partition coefficient (Wildman–Crippen LogP) is 2.72. The van der Waals surface area contributed by atoms with Crippen molar-refractivity contribution >= 4 is 11.8 Å². The molecule has 0 radical (unpaired) electrons. The van der Waals surface area contributed by atoms with Crippen molar-refractivity contribution in [2.75, 3.05) is 11.9 Å². The average Bonchev–Trinajstić information content (AvgIpc) is 2.48. The van der Waals surface area contributed by atoms with Gasteiger partial charge in [0.25, 0.3) is 0 Å². The molecule has 1 unspecified atom stereocenters. The van der Waals surface area contributed by atoms with Gasteiger partial charge in [0.1, 0.15) is 11.6 Å². The number of benzene rings is 1. The van der Waals surface area contributed by atoms with Gasteiger partial charge in [-0.15, -0.1) is 0 Å². The van der Waals surface area contributed by atoms with Crippen LogP contribution < -0.4 is 10.1 Å². The van der Waals surface area contributed by atoms with E-state index in [1.165, 1.54) is 12.3 Å². The molecule has 2 heterocycles. The molecule has 0 saturated heterocycles. The number of carboxylic acids is 1. The van der Waals surface area contributed by atoms with Crippen molar-refractivity contribution in [3.8, 4) is 5.75 Å². The molecule has 5 heteroatoms. The monoisotopic (exact) mass is 270 g/mol. The zero-order valence-corrected chi connectivity index (χ0v) is 10.7. The first kappa shape index (κ1) is 12.5. The second-order valence-electron chi connectivity index (χ2n) is 4.61. The highest BCUT2D eigenvalue weighted by atomic mass is 16.5. The molecule has 0 aliphatic carbocycles. The minimum absolute atomic E-state index is 0.0801. The molecule has 0 saturated carbocycles. The zero-order chi connectivity index (χ0) is 13.9. The van der Waals surface area contributed by atoms with Crippen molar-refractivity contribution in [3.05, 3.63) is 53.7 Å². The van der Waals surface area contributed by atoms with Crippen LogP contribution >= 0.6 is 0 Å². The topological polar surface area (TPSA) is 71.5 Å². The Hall–Kier alpha value is -2.56. The van der Waals surface area contributed by atoms with Crippen LogP contribution in [0.2, 0.25) is 0 Å². The van der Waals surface area contributed by atoms with Crippen LogP contribution in [-0.4, -0.2) is 22.7 Å². The lowest BCUT2D eigenvalue weighted by Gasteiger charge is -2.27. The minimum Gasteiger partial charge on any atom is -0.493 e. The van der Waals surface area contributed by atoms with Gasteiger partial charge in [-0.1, -0.05) is 18.2 Å². The van der Waals surface area contributed by atoms with Gasteiger partial charge in [-0.25, -0.2) is 9.78 Å². The molecule has 5 nitrogen and oxygen atoms in total. The zero-order valence-electron chi connectivity index (χ0n) is 10.7. The molecular formula is C15H14N2O3. The predicted molar refractivity (Wildman–Crippen MR) is 74.1 cm³/mol. The van der Waals surface area contributed by atoms with Gasteiger partial charge >= 0.3 is 5.97 Å². The molecule has 0 bridgehead atoms. The Labute approximate surface area is 116 Å². The molecule has 1 aromatic carbocycles. The summed E-state index contributed by atoms with van der Waals surface area (Å²) in [5, 5.41) is 12.3. The first-order valence-electron chi connectivity index (χ1n) is 6.41. The SMILES string of the molecule is O=C(O)c1ccnc(NC2CCOc3ccccc32)c1. The third-order valence-electron chi connectivity index (χ3n) is 3.29. The van der Waals surface area contributed by atoms with E-state index >= 15 is 0 Å². The third-order valence-corrected chi connectivity index (χ3v) is 3.29. The summed E-state index contributed by atoms with van der Waals surface area (Å²) >= 11 is 0. The number of hydrogen-bond donors (Lipinski definition) is 2. The summed E-state index contributed by atoms with van der Waals surface area (Å²) in [6, 6.07) is 10.9. The maximum Gasteiger partial charge on any atom is 0.335 e. The van der Waals surface area contributed by atoms with Gasteiger partial charge in [-0.3, -0.25) is 0 Å². The lowest BCUT2D eigenvalue weighted by molar-refractivity contribution is 0.0697.